The van der Waals surface area contributed by atoms with Crippen LogP contribution >= 0.6 is 0 Å². The molecule has 0 amide bonds. The number of oxazole rings is 1. The zero-order valence-corrected chi connectivity index (χ0v) is 12.8. The summed E-state index contributed by atoms with van der Waals surface area (Å²) in [6.45, 7) is 6.18. The molecule has 1 saturated carbocycles. The Bertz CT molecular complexity index is 445. The van der Waals surface area contributed by atoms with Crippen molar-refractivity contribution in [3.8, 4) is 0 Å². The van der Waals surface area contributed by atoms with Crippen molar-refractivity contribution >= 4 is 5.97 Å². The Hall–Kier alpha value is -1.32. The summed E-state index contributed by atoms with van der Waals surface area (Å²) >= 11 is 0. The molecule has 0 saturated heterocycles. The van der Waals surface area contributed by atoms with Gasteiger partial charge in [-0.1, -0.05) is 39.5 Å². The highest BCUT2D eigenvalue weighted by atomic mass is 16.5. The summed E-state index contributed by atoms with van der Waals surface area (Å²) in [4.78, 5) is 16.4. The molecule has 1 aliphatic rings. The van der Waals surface area contributed by atoms with Crippen LogP contribution in [0.25, 0.3) is 0 Å². The number of carbonyl (C=O) groups is 1. The highest BCUT2D eigenvalue weighted by Crippen LogP contribution is 2.29. The predicted molar refractivity (Wildman–Crippen MR) is 76.8 cm³/mol. The summed E-state index contributed by atoms with van der Waals surface area (Å²) in [6, 6.07) is 0. The summed E-state index contributed by atoms with van der Waals surface area (Å²) in [6.07, 6.45) is 7.28. The molecule has 0 aliphatic heterocycles. The minimum absolute atomic E-state index is 0.165. The van der Waals surface area contributed by atoms with Gasteiger partial charge in [-0.25, -0.2) is 9.78 Å². The van der Waals surface area contributed by atoms with E-state index in [1.807, 2.05) is 13.8 Å². The second kappa shape index (κ2) is 6.91. The van der Waals surface area contributed by atoms with Crippen LogP contribution in [0.15, 0.2) is 4.42 Å². The molecule has 4 heteroatoms. The molecule has 112 valence electrons. The minimum atomic E-state index is -0.393. The SMILES string of the molecule is CCOC(=O)c1oc(CCC2CCCC2)nc1C(C)C. The van der Waals surface area contributed by atoms with Crippen molar-refractivity contribution in [2.45, 2.75) is 65.2 Å². The zero-order valence-electron chi connectivity index (χ0n) is 12.8. The third-order valence-corrected chi connectivity index (χ3v) is 3.95. The lowest BCUT2D eigenvalue weighted by atomic mass is 10.0. The Balaban J connectivity index is 2.05. The monoisotopic (exact) mass is 279 g/mol. The molecule has 0 radical (unpaired) electrons. The van der Waals surface area contributed by atoms with Crippen LogP contribution < -0.4 is 0 Å². The van der Waals surface area contributed by atoms with Crippen LogP contribution in [0.4, 0.5) is 0 Å². The molecule has 0 spiro atoms. The predicted octanol–water partition coefficient (Wildman–Crippen LogP) is 4.10. The van der Waals surface area contributed by atoms with Gasteiger partial charge in [0.1, 0.15) is 0 Å². The standard InChI is InChI=1S/C16H25NO3/c1-4-19-16(18)15-14(11(2)3)17-13(20-15)10-9-12-7-5-6-8-12/h11-12H,4-10H2,1-3H3. The van der Waals surface area contributed by atoms with Gasteiger partial charge in [0.15, 0.2) is 5.89 Å². The van der Waals surface area contributed by atoms with Gasteiger partial charge >= 0.3 is 5.97 Å². The van der Waals surface area contributed by atoms with Crippen molar-refractivity contribution < 1.29 is 13.9 Å². The summed E-state index contributed by atoms with van der Waals surface area (Å²) in [5.74, 6) is 1.55. The van der Waals surface area contributed by atoms with E-state index in [9.17, 15) is 4.79 Å². The number of aryl methyl sites for hydroxylation is 1. The van der Waals surface area contributed by atoms with Crippen LogP contribution in [0, 0.1) is 5.92 Å². The third kappa shape index (κ3) is 3.62. The Morgan fingerprint density at radius 1 is 1.40 bits per heavy atom. The first-order chi connectivity index (χ1) is 9.61. The van der Waals surface area contributed by atoms with Crippen molar-refractivity contribution in [2.24, 2.45) is 5.92 Å². The fourth-order valence-corrected chi connectivity index (χ4v) is 2.85. The second-order valence-electron chi connectivity index (χ2n) is 5.89. The lowest BCUT2D eigenvalue weighted by molar-refractivity contribution is 0.0485. The lowest BCUT2D eigenvalue weighted by Gasteiger charge is -2.05. The highest BCUT2D eigenvalue weighted by Gasteiger charge is 2.24. The molecule has 0 aromatic carbocycles. The quantitative estimate of drug-likeness (QED) is 0.736. The molecule has 0 unspecified atom stereocenters. The zero-order chi connectivity index (χ0) is 14.5. The maximum absolute atomic E-state index is 11.9. The molecular weight excluding hydrogens is 254 g/mol. The van der Waals surface area contributed by atoms with Crippen LogP contribution in [0.1, 0.15) is 80.9 Å². The van der Waals surface area contributed by atoms with Gasteiger partial charge in [0.2, 0.25) is 5.76 Å². The number of rotatable bonds is 6. The van der Waals surface area contributed by atoms with Crippen LogP contribution in [-0.4, -0.2) is 17.6 Å². The number of carbonyl (C=O) groups excluding carboxylic acids is 1. The number of ether oxygens (including phenoxy) is 1. The van der Waals surface area contributed by atoms with Gasteiger partial charge in [-0.05, 0) is 25.2 Å². The van der Waals surface area contributed by atoms with E-state index < -0.39 is 5.97 Å². The number of aromatic nitrogens is 1. The van der Waals surface area contributed by atoms with Gasteiger partial charge in [-0.2, -0.15) is 0 Å². The van der Waals surface area contributed by atoms with Crippen molar-refractivity contribution in [3.05, 3.63) is 17.3 Å². The normalized spacial score (nSPS) is 16.0. The van der Waals surface area contributed by atoms with Gasteiger partial charge in [-0.15, -0.1) is 0 Å². The maximum Gasteiger partial charge on any atom is 0.376 e. The number of hydrogen-bond donors (Lipinski definition) is 0. The average Bonchev–Trinajstić information content (AvgIpc) is 3.06. The first kappa shape index (κ1) is 15.1. The second-order valence-corrected chi connectivity index (χ2v) is 5.89. The summed E-state index contributed by atoms with van der Waals surface area (Å²) < 4.78 is 10.7. The van der Waals surface area contributed by atoms with Crippen LogP contribution in [0.2, 0.25) is 0 Å². The van der Waals surface area contributed by atoms with Crippen molar-refractivity contribution in [3.63, 3.8) is 0 Å². The van der Waals surface area contributed by atoms with E-state index >= 15 is 0 Å². The Labute approximate surface area is 120 Å². The summed E-state index contributed by atoms with van der Waals surface area (Å²) in [7, 11) is 0. The molecule has 1 fully saturated rings. The van der Waals surface area contributed by atoms with E-state index in [1.54, 1.807) is 6.92 Å². The Morgan fingerprint density at radius 2 is 2.10 bits per heavy atom. The van der Waals surface area contributed by atoms with Gasteiger partial charge in [0, 0.05) is 6.42 Å². The third-order valence-electron chi connectivity index (χ3n) is 3.95. The van der Waals surface area contributed by atoms with Gasteiger partial charge < -0.3 is 9.15 Å². The minimum Gasteiger partial charge on any atom is -0.460 e. The van der Waals surface area contributed by atoms with Crippen LogP contribution in [0.5, 0.6) is 0 Å². The first-order valence-corrected chi connectivity index (χ1v) is 7.78. The van der Waals surface area contributed by atoms with E-state index in [4.69, 9.17) is 9.15 Å². The van der Waals surface area contributed by atoms with Crippen molar-refractivity contribution in [1.82, 2.24) is 4.98 Å². The molecular formula is C16H25NO3. The summed E-state index contributed by atoms with van der Waals surface area (Å²) in [5, 5.41) is 0. The number of nitrogens with zero attached hydrogens (tertiary/aromatic N) is 1. The fourth-order valence-electron chi connectivity index (χ4n) is 2.85. The van der Waals surface area contributed by atoms with Gasteiger partial charge in [0.25, 0.3) is 0 Å². The smallest absolute Gasteiger partial charge is 0.376 e. The molecule has 0 N–H and O–H groups in total. The molecule has 1 aromatic rings. The van der Waals surface area contributed by atoms with Crippen molar-refractivity contribution in [1.29, 1.82) is 0 Å². The van der Waals surface area contributed by atoms with E-state index in [0.717, 1.165) is 24.5 Å². The largest absolute Gasteiger partial charge is 0.460 e. The fraction of sp³-hybridized carbons (Fsp3) is 0.750. The molecule has 1 aromatic heterocycles. The summed E-state index contributed by atoms with van der Waals surface area (Å²) in [5.41, 5.74) is 0.727. The topological polar surface area (TPSA) is 52.3 Å². The van der Waals surface area contributed by atoms with Gasteiger partial charge in [0.05, 0.1) is 12.3 Å². The van der Waals surface area contributed by atoms with Gasteiger partial charge in [-0.3, -0.25) is 0 Å². The maximum atomic E-state index is 11.9. The molecule has 0 atom stereocenters. The van der Waals surface area contributed by atoms with E-state index in [-0.39, 0.29) is 5.92 Å². The molecule has 20 heavy (non-hydrogen) atoms. The first-order valence-electron chi connectivity index (χ1n) is 7.78. The highest BCUT2D eigenvalue weighted by molar-refractivity contribution is 5.87. The average molecular weight is 279 g/mol. The van der Waals surface area contributed by atoms with Crippen LogP contribution in [0.3, 0.4) is 0 Å². The van der Waals surface area contributed by atoms with E-state index in [0.29, 0.717) is 18.3 Å². The molecule has 2 rings (SSSR count). The van der Waals surface area contributed by atoms with Crippen LogP contribution in [-0.2, 0) is 11.2 Å². The van der Waals surface area contributed by atoms with E-state index in [1.165, 1.54) is 25.7 Å². The number of esters is 1. The Morgan fingerprint density at radius 3 is 2.70 bits per heavy atom. The number of hydrogen-bond acceptors (Lipinski definition) is 4. The lowest BCUT2D eigenvalue weighted by Crippen LogP contribution is -2.07. The molecule has 1 heterocycles. The molecule has 1 aliphatic carbocycles. The molecule has 4 nitrogen and oxygen atoms in total. The Kier molecular flexibility index (Phi) is 5.21. The molecule has 0 bridgehead atoms. The van der Waals surface area contributed by atoms with E-state index in [2.05, 4.69) is 4.98 Å². The van der Waals surface area contributed by atoms with Crippen molar-refractivity contribution in [2.75, 3.05) is 6.61 Å².